The van der Waals surface area contributed by atoms with Crippen molar-refractivity contribution >= 4 is 5.97 Å². The molecule has 384 valence electrons. The third kappa shape index (κ3) is 37.8. The molecule has 1 heterocycles. The Morgan fingerprint density at radius 3 is 1.39 bits per heavy atom. The van der Waals surface area contributed by atoms with Crippen molar-refractivity contribution in [3.8, 4) is 0 Å². The second-order valence-electron chi connectivity index (χ2n) is 18.6. The molecule has 0 amide bonds. The number of rotatable bonds is 47. The quantitative estimate of drug-likeness (QED) is 0.0267. The second-order valence-corrected chi connectivity index (χ2v) is 18.6. The van der Waals surface area contributed by atoms with Crippen LogP contribution in [0.4, 0.5) is 0 Å². The van der Waals surface area contributed by atoms with Gasteiger partial charge in [-0.25, -0.2) is 0 Å². The van der Waals surface area contributed by atoms with Gasteiger partial charge >= 0.3 is 5.97 Å². The molecule has 66 heavy (non-hydrogen) atoms. The molecule has 4 N–H and O–H groups in total. The molecule has 0 aliphatic carbocycles. The third-order valence-corrected chi connectivity index (χ3v) is 12.4. The Bertz CT molecular complexity index is 1200. The number of ether oxygens (including phenoxy) is 4. The molecular formula is C57H102O9. The van der Waals surface area contributed by atoms with Gasteiger partial charge in [-0.1, -0.05) is 209 Å². The van der Waals surface area contributed by atoms with Gasteiger partial charge in [-0.2, -0.15) is 0 Å². The van der Waals surface area contributed by atoms with Gasteiger partial charge in [0.1, 0.15) is 30.5 Å². The minimum atomic E-state index is -1.54. The molecule has 0 bridgehead atoms. The molecule has 0 aromatic heterocycles. The van der Waals surface area contributed by atoms with E-state index in [0.717, 1.165) is 64.2 Å². The van der Waals surface area contributed by atoms with E-state index in [1.165, 1.54) is 148 Å². The smallest absolute Gasteiger partial charge is 0.306 e. The van der Waals surface area contributed by atoms with Gasteiger partial charge in [-0.3, -0.25) is 4.79 Å². The lowest BCUT2D eigenvalue weighted by atomic mass is 9.99. The maximum Gasteiger partial charge on any atom is 0.306 e. The first kappa shape index (κ1) is 61.9. The summed E-state index contributed by atoms with van der Waals surface area (Å²) >= 11 is 0. The van der Waals surface area contributed by atoms with E-state index < -0.39 is 43.4 Å². The first-order valence-electron chi connectivity index (χ1n) is 27.4. The van der Waals surface area contributed by atoms with Crippen LogP contribution in [0.2, 0.25) is 0 Å². The van der Waals surface area contributed by atoms with Crippen molar-refractivity contribution in [2.24, 2.45) is 0 Å². The van der Waals surface area contributed by atoms with E-state index >= 15 is 0 Å². The number of aliphatic hydroxyl groups is 4. The fourth-order valence-electron chi connectivity index (χ4n) is 8.19. The molecule has 1 fully saturated rings. The molecule has 0 radical (unpaired) electrons. The van der Waals surface area contributed by atoms with Gasteiger partial charge in [0, 0.05) is 13.0 Å². The number of carbonyl (C=O) groups excluding carboxylic acids is 1. The second kappa shape index (κ2) is 47.9. The zero-order valence-electron chi connectivity index (χ0n) is 42.4. The Hall–Kier alpha value is -2.11. The molecule has 6 atom stereocenters. The number of allylic oxidation sites excluding steroid dienone is 10. The molecule has 1 rings (SSSR count). The van der Waals surface area contributed by atoms with Crippen molar-refractivity contribution in [1.82, 2.24) is 0 Å². The Morgan fingerprint density at radius 2 is 0.924 bits per heavy atom. The van der Waals surface area contributed by atoms with Gasteiger partial charge in [0.15, 0.2) is 6.29 Å². The lowest BCUT2D eigenvalue weighted by Gasteiger charge is -2.39. The molecule has 0 saturated carbocycles. The van der Waals surface area contributed by atoms with Crippen LogP contribution in [-0.2, 0) is 23.7 Å². The number of esters is 1. The number of carbonyl (C=O) groups is 1. The molecule has 0 aromatic rings. The van der Waals surface area contributed by atoms with E-state index in [9.17, 15) is 25.2 Å². The number of unbranched alkanes of at least 4 members (excludes halogenated alkanes) is 26. The standard InChI is InChI=1S/C57H102O9/c1-3-5-7-9-11-13-15-17-19-21-23-24-25-26-27-28-29-30-32-34-36-38-40-42-44-46-53(59)65-51(50-64-57-56(62)55(61)54(60)52(48-58)66-57)49-63-47-45-43-41-39-37-35-33-31-22-20-18-16-14-12-10-8-6-4-2/h6,8,12,14-15,17-18,20-21,23,51-52,54-58,60-62H,3-5,7,9-11,13,16,19,22,24-50H2,1-2H3/b8-6-,14-12-,17-15-,20-18-,23-21-. The van der Waals surface area contributed by atoms with E-state index in [1.807, 2.05) is 0 Å². The molecule has 0 spiro atoms. The minimum Gasteiger partial charge on any atom is -0.457 e. The zero-order chi connectivity index (χ0) is 47.8. The Balaban J connectivity index is 2.17. The molecule has 9 heteroatoms. The number of aliphatic hydroxyl groups excluding tert-OH is 4. The van der Waals surface area contributed by atoms with Crippen LogP contribution < -0.4 is 0 Å². The summed E-state index contributed by atoms with van der Waals surface area (Å²) in [4.78, 5) is 12.9. The van der Waals surface area contributed by atoms with E-state index in [4.69, 9.17) is 18.9 Å². The summed E-state index contributed by atoms with van der Waals surface area (Å²) < 4.78 is 22.9. The van der Waals surface area contributed by atoms with Gasteiger partial charge in [-0.05, 0) is 77.0 Å². The normalized spacial score (nSPS) is 19.8. The fourth-order valence-corrected chi connectivity index (χ4v) is 8.19. The summed E-state index contributed by atoms with van der Waals surface area (Å²) in [6.45, 7) is 4.44. The van der Waals surface area contributed by atoms with Gasteiger partial charge in [0.2, 0.25) is 0 Å². The predicted molar refractivity (Wildman–Crippen MR) is 274 cm³/mol. The van der Waals surface area contributed by atoms with Crippen molar-refractivity contribution in [1.29, 1.82) is 0 Å². The van der Waals surface area contributed by atoms with Gasteiger partial charge in [0.25, 0.3) is 0 Å². The fraction of sp³-hybridized carbons (Fsp3) is 0.807. The molecule has 6 unspecified atom stereocenters. The molecule has 0 aromatic carbocycles. The van der Waals surface area contributed by atoms with Gasteiger partial charge in [0.05, 0.1) is 19.8 Å². The highest BCUT2D eigenvalue weighted by atomic mass is 16.7. The van der Waals surface area contributed by atoms with Crippen LogP contribution in [0.5, 0.6) is 0 Å². The van der Waals surface area contributed by atoms with Crippen molar-refractivity contribution in [3.05, 3.63) is 60.8 Å². The number of hydrogen-bond acceptors (Lipinski definition) is 9. The molecule has 1 aliphatic heterocycles. The highest BCUT2D eigenvalue weighted by molar-refractivity contribution is 5.69. The Morgan fingerprint density at radius 1 is 0.500 bits per heavy atom. The molecular weight excluding hydrogens is 829 g/mol. The van der Waals surface area contributed by atoms with Crippen LogP contribution in [0.1, 0.15) is 232 Å². The predicted octanol–water partition coefficient (Wildman–Crippen LogP) is 13.8. The van der Waals surface area contributed by atoms with Crippen molar-refractivity contribution in [3.63, 3.8) is 0 Å². The van der Waals surface area contributed by atoms with E-state index in [1.54, 1.807) is 0 Å². The minimum absolute atomic E-state index is 0.118. The first-order chi connectivity index (χ1) is 32.4. The molecule has 9 nitrogen and oxygen atoms in total. The summed E-state index contributed by atoms with van der Waals surface area (Å²) in [5.74, 6) is -0.316. The average Bonchev–Trinajstić information content (AvgIpc) is 3.32. The van der Waals surface area contributed by atoms with Crippen LogP contribution in [0, 0.1) is 0 Å². The van der Waals surface area contributed by atoms with Gasteiger partial charge in [-0.15, -0.1) is 0 Å². The van der Waals surface area contributed by atoms with Crippen molar-refractivity contribution in [2.75, 3.05) is 26.4 Å². The third-order valence-electron chi connectivity index (χ3n) is 12.4. The Labute approximate surface area is 405 Å². The Kier molecular flexibility index (Phi) is 45.0. The monoisotopic (exact) mass is 931 g/mol. The SMILES string of the molecule is CC/C=C\C/C=C\C/C=C\CCCCCCCCCCOCC(COC1OC(CO)C(O)C(O)C1O)OC(=O)CCCCCCCCCCCCCCC/C=C\C/C=C\CCCCCCC. The van der Waals surface area contributed by atoms with E-state index in [0.29, 0.717) is 13.0 Å². The summed E-state index contributed by atoms with van der Waals surface area (Å²) in [7, 11) is 0. The van der Waals surface area contributed by atoms with E-state index in [2.05, 4.69) is 74.6 Å². The maximum absolute atomic E-state index is 12.9. The summed E-state index contributed by atoms with van der Waals surface area (Å²) in [6, 6.07) is 0. The highest BCUT2D eigenvalue weighted by Crippen LogP contribution is 2.23. The maximum atomic E-state index is 12.9. The zero-order valence-corrected chi connectivity index (χ0v) is 42.4. The van der Waals surface area contributed by atoms with Crippen LogP contribution >= 0.6 is 0 Å². The highest BCUT2D eigenvalue weighted by Gasteiger charge is 2.44. The van der Waals surface area contributed by atoms with Crippen LogP contribution in [0.3, 0.4) is 0 Å². The van der Waals surface area contributed by atoms with Crippen molar-refractivity contribution < 1.29 is 44.2 Å². The van der Waals surface area contributed by atoms with Crippen molar-refractivity contribution in [2.45, 2.75) is 269 Å². The summed E-state index contributed by atoms with van der Waals surface area (Å²) in [5, 5.41) is 40.3. The average molecular weight is 931 g/mol. The van der Waals surface area contributed by atoms with E-state index in [-0.39, 0.29) is 19.2 Å². The summed E-state index contributed by atoms with van der Waals surface area (Å²) in [5.41, 5.74) is 0. The van der Waals surface area contributed by atoms with Crippen LogP contribution in [0.25, 0.3) is 0 Å². The lowest BCUT2D eigenvalue weighted by Crippen LogP contribution is -2.59. The van der Waals surface area contributed by atoms with Crippen LogP contribution in [0.15, 0.2) is 60.8 Å². The van der Waals surface area contributed by atoms with Crippen LogP contribution in [-0.4, -0.2) is 89.6 Å². The molecule has 1 aliphatic rings. The first-order valence-corrected chi connectivity index (χ1v) is 27.4. The number of hydrogen-bond donors (Lipinski definition) is 4. The topological polar surface area (TPSA) is 135 Å². The summed E-state index contributed by atoms with van der Waals surface area (Å²) in [6.07, 6.45) is 55.4. The van der Waals surface area contributed by atoms with Gasteiger partial charge < -0.3 is 39.4 Å². The largest absolute Gasteiger partial charge is 0.457 e. The molecule has 1 saturated heterocycles. The lowest BCUT2D eigenvalue weighted by molar-refractivity contribution is -0.305.